The molecule has 2 aromatic carbocycles. The van der Waals surface area contributed by atoms with Crippen LogP contribution >= 0.6 is 0 Å². The van der Waals surface area contributed by atoms with E-state index < -0.39 is 0 Å². The van der Waals surface area contributed by atoms with E-state index in [0.717, 1.165) is 18.4 Å². The molecular weight excluding hydrogens is 199 g/mol. The van der Waals surface area contributed by atoms with Gasteiger partial charge in [0.25, 0.3) is 0 Å². The molecule has 0 saturated carbocycles. The Morgan fingerprint density at radius 1 is 0.938 bits per heavy atom. The van der Waals surface area contributed by atoms with E-state index in [1.807, 2.05) is 31.2 Å². The standard InChI is InChI=1S/C15H15F/c1-12-11-15(16)10-9-14(12)8-7-13-5-3-2-4-6-13/h2-6,9-11H,7-8H2,1H3. The van der Waals surface area contributed by atoms with Crippen LogP contribution in [0.4, 0.5) is 4.39 Å². The Bertz CT molecular complexity index is 460. The molecule has 0 nitrogen and oxygen atoms in total. The van der Waals surface area contributed by atoms with Crippen LogP contribution in [0.3, 0.4) is 0 Å². The summed E-state index contributed by atoms with van der Waals surface area (Å²) in [5.74, 6) is -0.152. The highest BCUT2D eigenvalue weighted by Gasteiger charge is 2.00. The average Bonchev–Trinajstić information content (AvgIpc) is 2.29. The minimum Gasteiger partial charge on any atom is -0.207 e. The van der Waals surface area contributed by atoms with Crippen molar-refractivity contribution in [2.45, 2.75) is 19.8 Å². The Labute approximate surface area is 95.7 Å². The van der Waals surface area contributed by atoms with Gasteiger partial charge in [0.15, 0.2) is 0 Å². The summed E-state index contributed by atoms with van der Waals surface area (Å²) in [6.07, 6.45) is 1.98. The summed E-state index contributed by atoms with van der Waals surface area (Å²) in [6.45, 7) is 1.96. The van der Waals surface area contributed by atoms with E-state index in [9.17, 15) is 4.39 Å². The van der Waals surface area contributed by atoms with Crippen molar-refractivity contribution in [2.24, 2.45) is 0 Å². The second-order valence-corrected chi connectivity index (χ2v) is 4.06. The maximum absolute atomic E-state index is 12.9. The van der Waals surface area contributed by atoms with Crippen LogP contribution in [0.25, 0.3) is 0 Å². The number of aryl methyl sites for hydroxylation is 3. The first-order chi connectivity index (χ1) is 7.75. The number of hydrogen-bond acceptors (Lipinski definition) is 0. The van der Waals surface area contributed by atoms with Crippen LogP contribution in [-0.2, 0) is 12.8 Å². The molecule has 82 valence electrons. The molecule has 0 spiro atoms. The predicted octanol–water partition coefficient (Wildman–Crippen LogP) is 3.92. The van der Waals surface area contributed by atoms with E-state index in [0.29, 0.717) is 0 Å². The quantitative estimate of drug-likeness (QED) is 0.726. The van der Waals surface area contributed by atoms with Gasteiger partial charge >= 0.3 is 0 Å². The third kappa shape index (κ3) is 2.69. The van der Waals surface area contributed by atoms with Gasteiger partial charge in [0.05, 0.1) is 0 Å². The highest BCUT2D eigenvalue weighted by Crippen LogP contribution is 2.13. The zero-order valence-corrected chi connectivity index (χ0v) is 9.41. The fourth-order valence-corrected chi connectivity index (χ4v) is 1.86. The van der Waals surface area contributed by atoms with Crippen molar-refractivity contribution in [3.8, 4) is 0 Å². The molecule has 0 atom stereocenters. The van der Waals surface area contributed by atoms with Crippen molar-refractivity contribution in [3.05, 3.63) is 71.0 Å². The summed E-state index contributed by atoms with van der Waals surface area (Å²) < 4.78 is 12.9. The summed E-state index contributed by atoms with van der Waals surface area (Å²) in [6, 6.07) is 15.4. The Kier molecular flexibility index (Phi) is 3.35. The lowest BCUT2D eigenvalue weighted by molar-refractivity contribution is 0.625. The summed E-state index contributed by atoms with van der Waals surface area (Å²) in [5.41, 5.74) is 3.59. The first-order valence-electron chi connectivity index (χ1n) is 5.54. The lowest BCUT2D eigenvalue weighted by Crippen LogP contribution is -1.94. The molecule has 0 bridgehead atoms. The molecule has 0 amide bonds. The van der Waals surface area contributed by atoms with Crippen molar-refractivity contribution in [3.63, 3.8) is 0 Å². The summed E-state index contributed by atoms with van der Waals surface area (Å²) in [5, 5.41) is 0. The van der Waals surface area contributed by atoms with Gasteiger partial charge in [-0.25, -0.2) is 4.39 Å². The summed E-state index contributed by atoms with van der Waals surface area (Å²) in [7, 11) is 0. The topological polar surface area (TPSA) is 0 Å². The molecule has 2 aromatic rings. The zero-order valence-electron chi connectivity index (χ0n) is 9.41. The van der Waals surface area contributed by atoms with Crippen LogP contribution in [0.2, 0.25) is 0 Å². The van der Waals surface area contributed by atoms with Gasteiger partial charge in [0.1, 0.15) is 5.82 Å². The fourth-order valence-electron chi connectivity index (χ4n) is 1.86. The molecule has 0 radical (unpaired) electrons. The van der Waals surface area contributed by atoms with Gasteiger partial charge in [-0.3, -0.25) is 0 Å². The normalized spacial score (nSPS) is 10.4. The van der Waals surface area contributed by atoms with E-state index in [1.54, 1.807) is 6.07 Å². The maximum Gasteiger partial charge on any atom is 0.123 e. The lowest BCUT2D eigenvalue weighted by atomic mass is 10.0. The number of halogens is 1. The van der Waals surface area contributed by atoms with Gasteiger partial charge < -0.3 is 0 Å². The predicted molar refractivity (Wildman–Crippen MR) is 65.0 cm³/mol. The van der Waals surface area contributed by atoms with Crippen molar-refractivity contribution in [1.82, 2.24) is 0 Å². The number of benzene rings is 2. The molecule has 0 saturated heterocycles. The van der Waals surface area contributed by atoms with Crippen molar-refractivity contribution in [2.75, 3.05) is 0 Å². The second-order valence-electron chi connectivity index (χ2n) is 4.06. The van der Waals surface area contributed by atoms with Crippen LogP contribution in [0, 0.1) is 12.7 Å². The molecule has 0 aliphatic carbocycles. The first kappa shape index (κ1) is 10.9. The van der Waals surface area contributed by atoms with Gasteiger partial charge in [-0.1, -0.05) is 36.4 Å². The minimum absolute atomic E-state index is 0.152. The maximum atomic E-state index is 12.9. The Hall–Kier alpha value is -1.63. The molecule has 0 aliphatic rings. The third-order valence-electron chi connectivity index (χ3n) is 2.83. The van der Waals surface area contributed by atoms with Gasteiger partial charge in [-0.15, -0.1) is 0 Å². The second kappa shape index (κ2) is 4.93. The smallest absolute Gasteiger partial charge is 0.123 e. The van der Waals surface area contributed by atoms with Gasteiger partial charge in [-0.05, 0) is 48.6 Å². The van der Waals surface area contributed by atoms with Crippen LogP contribution in [0.1, 0.15) is 16.7 Å². The van der Waals surface area contributed by atoms with Gasteiger partial charge in [-0.2, -0.15) is 0 Å². The Morgan fingerprint density at radius 3 is 2.38 bits per heavy atom. The molecule has 0 aliphatic heterocycles. The van der Waals surface area contributed by atoms with E-state index in [-0.39, 0.29) is 5.82 Å². The Morgan fingerprint density at radius 2 is 1.69 bits per heavy atom. The zero-order chi connectivity index (χ0) is 11.4. The highest BCUT2D eigenvalue weighted by molar-refractivity contribution is 5.28. The molecule has 1 heteroatoms. The SMILES string of the molecule is Cc1cc(F)ccc1CCc1ccccc1. The van der Waals surface area contributed by atoms with Crippen molar-refractivity contribution in [1.29, 1.82) is 0 Å². The monoisotopic (exact) mass is 214 g/mol. The minimum atomic E-state index is -0.152. The largest absolute Gasteiger partial charge is 0.207 e. The molecular formula is C15H15F. The lowest BCUT2D eigenvalue weighted by Gasteiger charge is -2.05. The summed E-state index contributed by atoms with van der Waals surface area (Å²) in [4.78, 5) is 0. The molecule has 0 N–H and O–H groups in total. The molecule has 0 heterocycles. The molecule has 16 heavy (non-hydrogen) atoms. The van der Waals surface area contributed by atoms with Gasteiger partial charge in [0.2, 0.25) is 0 Å². The molecule has 0 fully saturated rings. The highest BCUT2D eigenvalue weighted by atomic mass is 19.1. The fraction of sp³-hybridized carbons (Fsp3) is 0.200. The Balaban J connectivity index is 2.05. The number of rotatable bonds is 3. The molecule has 0 aromatic heterocycles. The molecule has 2 rings (SSSR count). The van der Waals surface area contributed by atoms with Crippen molar-refractivity contribution < 1.29 is 4.39 Å². The van der Waals surface area contributed by atoms with E-state index in [4.69, 9.17) is 0 Å². The van der Waals surface area contributed by atoms with E-state index in [1.165, 1.54) is 17.2 Å². The van der Waals surface area contributed by atoms with E-state index in [2.05, 4.69) is 12.1 Å². The average molecular weight is 214 g/mol. The summed E-state index contributed by atoms with van der Waals surface area (Å²) >= 11 is 0. The van der Waals surface area contributed by atoms with Crippen LogP contribution in [0.15, 0.2) is 48.5 Å². The van der Waals surface area contributed by atoms with Crippen molar-refractivity contribution >= 4 is 0 Å². The third-order valence-corrected chi connectivity index (χ3v) is 2.83. The van der Waals surface area contributed by atoms with Gasteiger partial charge in [0, 0.05) is 0 Å². The van der Waals surface area contributed by atoms with Crippen LogP contribution < -0.4 is 0 Å². The van der Waals surface area contributed by atoms with Crippen LogP contribution in [0.5, 0.6) is 0 Å². The number of hydrogen-bond donors (Lipinski definition) is 0. The molecule has 0 unspecified atom stereocenters. The van der Waals surface area contributed by atoms with E-state index >= 15 is 0 Å². The van der Waals surface area contributed by atoms with Crippen LogP contribution in [-0.4, -0.2) is 0 Å². The first-order valence-corrected chi connectivity index (χ1v) is 5.54.